The first-order chi connectivity index (χ1) is 8.61. The minimum Gasteiger partial charge on any atom is -0.496 e. The lowest BCUT2D eigenvalue weighted by Crippen LogP contribution is -1.95. The van der Waals surface area contributed by atoms with Crippen molar-refractivity contribution in [2.75, 3.05) is 7.11 Å². The van der Waals surface area contributed by atoms with E-state index >= 15 is 0 Å². The molecule has 0 saturated heterocycles. The normalized spacial score (nSPS) is 12.2. The molecule has 94 valence electrons. The van der Waals surface area contributed by atoms with Crippen molar-refractivity contribution < 1.29 is 4.74 Å². The summed E-state index contributed by atoms with van der Waals surface area (Å²) in [5, 5.41) is 0.752. The van der Waals surface area contributed by atoms with Crippen LogP contribution in [0.3, 0.4) is 0 Å². The van der Waals surface area contributed by atoms with Crippen LogP contribution in [0.1, 0.15) is 21.5 Å². The summed E-state index contributed by atoms with van der Waals surface area (Å²) in [4.78, 5) is 0.140. The predicted molar refractivity (Wildman–Crippen MR) is 80.0 cm³/mol. The lowest BCUT2D eigenvalue weighted by Gasteiger charge is -2.13. The van der Waals surface area contributed by atoms with Crippen molar-refractivity contribution in [2.45, 2.75) is 11.8 Å². The number of rotatable bonds is 3. The van der Waals surface area contributed by atoms with Crippen molar-refractivity contribution in [2.24, 2.45) is 0 Å². The molecule has 0 aliphatic rings. The first kappa shape index (κ1) is 13.4. The summed E-state index contributed by atoms with van der Waals surface area (Å²) in [6.07, 6.45) is 0. The Hall–Kier alpha value is -0.990. The van der Waals surface area contributed by atoms with Gasteiger partial charge in [-0.15, -0.1) is 0 Å². The molecule has 0 bridgehead atoms. The molecule has 2 aromatic rings. The zero-order valence-electron chi connectivity index (χ0n) is 10.3. The van der Waals surface area contributed by atoms with Crippen molar-refractivity contribution in [1.29, 1.82) is 0 Å². The number of aryl methyl sites for hydroxylation is 1. The molecule has 1 nitrogen and oxygen atoms in total. The van der Waals surface area contributed by atoms with Crippen molar-refractivity contribution in [3.63, 3.8) is 0 Å². The first-order valence-electron chi connectivity index (χ1n) is 5.66. The van der Waals surface area contributed by atoms with Gasteiger partial charge >= 0.3 is 0 Å². The van der Waals surface area contributed by atoms with E-state index in [-0.39, 0.29) is 4.83 Å². The van der Waals surface area contributed by atoms with Gasteiger partial charge < -0.3 is 4.74 Å². The third-order valence-electron chi connectivity index (χ3n) is 2.85. The van der Waals surface area contributed by atoms with Crippen LogP contribution in [0.25, 0.3) is 0 Å². The van der Waals surface area contributed by atoms with Gasteiger partial charge in [-0.05, 0) is 41.8 Å². The Bertz CT molecular complexity index is 554. The number of ether oxygens (including phenoxy) is 1. The van der Waals surface area contributed by atoms with Gasteiger partial charge in [-0.2, -0.15) is 0 Å². The van der Waals surface area contributed by atoms with Crippen molar-refractivity contribution in [3.05, 3.63) is 64.2 Å². The maximum atomic E-state index is 6.01. The molecule has 0 aromatic heterocycles. The zero-order valence-corrected chi connectivity index (χ0v) is 12.6. The molecular weight excluding hydrogens is 312 g/mol. The highest BCUT2D eigenvalue weighted by molar-refractivity contribution is 9.09. The minimum atomic E-state index is 0.140. The Balaban J connectivity index is 2.34. The molecule has 1 unspecified atom stereocenters. The predicted octanol–water partition coefficient (Wildman–Crippen LogP) is 5.14. The molecule has 0 N–H and O–H groups in total. The topological polar surface area (TPSA) is 9.23 Å². The van der Waals surface area contributed by atoms with Crippen LogP contribution in [-0.2, 0) is 0 Å². The van der Waals surface area contributed by atoms with Crippen molar-refractivity contribution in [3.8, 4) is 5.75 Å². The Kier molecular flexibility index (Phi) is 4.31. The van der Waals surface area contributed by atoms with E-state index in [1.54, 1.807) is 7.11 Å². The van der Waals surface area contributed by atoms with Gasteiger partial charge in [0.2, 0.25) is 0 Å². The summed E-state index contributed by atoms with van der Waals surface area (Å²) in [6, 6.07) is 14.0. The van der Waals surface area contributed by atoms with Gasteiger partial charge in [-0.3, -0.25) is 0 Å². The van der Waals surface area contributed by atoms with Crippen molar-refractivity contribution in [1.82, 2.24) is 0 Å². The van der Waals surface area contributed by atoms with Gasteiger partial charge in [0.15, 0.2) is 0 Å². The molecule has 0 fully saturated rings. The minimum absolute atomic E-state index is 0.140. The van der Waals surface area contributed by atoms with Gasteiger partial charge in [0.25, 0.3) is 0 Å². The number of benzene rings is 2. The summed E-state index contributed by atoms with van der Waals surface area (Å²) < 4.78 is 5.27. The number of halogens is 2. The first-order valence-corrected chi connectivity index (χ1v) is 6.95. The van der Waals surface area contributed by atoms with Gasteiger partial charge in [0.05, 0.1) is 11.9 Å². The molecule has 0 spiro atoms. The summed E-state index contributed by atoms with van der Waals surface area (Å²) in [5.41, 5.74) is 3.46. The molecule has 0 saturated carbocycles. The average molecular weight is 326 g/mol. The molecule has 0 aliphatic carbocycles. The van der Waals surface area contributed by atoms with Crippen LogP contribution in [0.5, 0.6) is 5.75 Å². The van der Waals surface area contributed by atoms with E-state index in [1.165, 1.54) is 5.56 Å². The fourth-order valence-corrected chi connectivity index (χ4v) is 2.68. The van der Waals surface area contributed by atoms with Gasteiger partial charge in [-0.1, -0.05) is 51.8 Å². The van der Waals surface area contributed by atoms with Crippen LogP contribution < -0.4 is 4.74 Å². The number of hydrogen-bond acceptors (Lipinski definition) is 1. The molecule has 0 aliphatic heterocycles. The van der Waals surface area contributed by atoms with E-state index < -0.39 is 0 Å². The summed E-state index contributed by atoms with van der Waals surface area (Å²) >= 11 is 9.72. The number of alkyl halides is 1. The molecule has 3 heteroatoms. The second kappa shape index (κ2) is 5.77. The smallest absolute Gasteiger partial charge is 0.121 e. The van der Waals surface area contributed by atoms with E-state index in [4.69, 9.17) is 16.3 Å². The third-order valence-corrected chi connectivity index (χ3v) is 4.15. The molecule has 2 rings (SSSR count). The lowest BCUT2D eigenvalue weighted by atomic mass is 10.0. The summed E-state index contributed by atoms with van der Waals surface area (Å²) in [6.45, 7) is 2.04. The SMILES string of the molecule is COc1ccc(C(Br)c2cccc(Cl)c2)cc1C. The monoisotopic (exact) mass is 324 g/mol. The van der Waals surface area contributed by atoms with E-state index in [1.807, 2.05) is 31.2 Å². The van der Waals surface area contributed by atoms with E-state index in [0.29, 0.717) is 0 Å². The maximum Gasteiger partial charge on any atom is 0.121 e. The van der Waals surface area contributed by atoms with Crippen LogP contribution in [0.4, 0.5) is 0 Å². The maximum absolute atomic E-state index is 6.01. The van der Waals surface area contributed by atoms with Crippen LogP contribution >= 0.6 is 27.5 Å². The number of hydrogen-bond donors (Lipinski definition) is 0. The highest BCUT2D eigenvalue weighted by Crippen LogP contribution is 2.34. The van der Waals surface area contributed by atoms with Gasteiger partial charge in [0, 0.05) is 5.02 Å². The second-order valence-corrected chi connectivity index (χ2v) is 5.50. The Labute approximate surface area is 121 Å². The molecule has 18 heavy (non-hydrogen) atoms. The molecule has 0 amide bonds. The highest BCUT2D eigenvalue weighted by Gasteiger charge is 2.12. The molecule has 2 aromatic carbocycles. The van der Waals surface area contributed by atoms with E-state index in [2.05, 4.69) is 34.1 Å². The number of methoxy groups -OCH3 is 1. The van der Waals surface area contributed by atoms with Crippen LogP contribution in [-0.4, -0.2) is 7.11 Å². The molecular formula is C15H14BrClO. The largest absolute Gasteiger partial charge is 0.496 e. The van der Waals surface area contributed by atoms with Crippen LogP contribution in [0.2, 0.25) is 5.02 Å². The standard InChI is InChI=1S/C15H14BrClO/c1-10-8-12(6-7-14(10)18-2)15(16)11-4-3-5-13(17)9-11/h3-9,15H,1-2H3. The average Bonchev–Trinajstić information content (AvgIpc) is 2.37. The second-order valence-electron chi connectivity index (χ2n) is 4.15. The molecule has 0 radical (unpaired) electrons. The molecule has 0 heterocycles. The summed E-state index contributed by atoms with van der Waals surface area (Å²) in [5.74, 6) is 0.907. The van der Waals surface area contributed by atoms with E-state index in [0.717, 1.165) is 21.9 Å². The third kappa shape index (κ3) is 2.88. The van der Waals surface area contributed by atoms with Crippen LogP contribution in [0, 0.1) is 6.92 Å². The molecule has 1 atom stereocenters. The van der Waals surface area contributed by atoms with Gasteiger partial charge in [-0.25, -0.2) is 0 Å². The fraction of sp³-hybridized carbons (Fsp3) is 0.200. The fourth-order valence-electron chi connectivity index (χ4n) is 1.92. The zero-order chi connectivity index (χ0) is 13.1. The Morgan fingerprint density at radius 2 is 1.83 bits per heavy atom. The van der Waals surface area contributed by atoms with Gasteiger partial charge in [0.1, 0.15) is 5.75 Å². The van der Waals surface area contributed by atoms with Crippen LogP contribution in [0.15, 0.2) is 42.5 Å². The van der Waals surface area contributed by atoms with Crippen molar-refractivity contribution >= 4 is 27.5 Å². The quantitative estimate of drug-likeness (QED) is 0.710. The Morgan fingerprint density at radius 3 is 2.44 bits per heavy atom. The van der Waals surface area contributed by atoms with E-state index in [9.17, 15) is 0 Å². The highest BCUT2D eigenvalue weighted by atomic mass is 79.9. The lowest BCUT2D eigenvalue weighted by molar-refractivity contribution is 0.411. The summed E-state index contributed by atoms with van der Waals surface area (Å²) in [7, 11) is 1.69. The Morgan fingerprint density at radius 1 is 1.11 bits per heavy atom.